The molecular formula is C13H19N3O3. The zero-order valence-corrected chi connectivity index (χ0v) is 11.3. The van der Waals surface area contributed by atoms with Gasteiger partial charge in [-0.2, -0.15) is 0 Å². The number of nitrogens with one attached hydrogen (secondary N) is 1. The highest BCUT2D eigenvalue weighted by Gasteiger charge is 2.13. The van der Waals surface area contributed by atoms with Crippen LogP contribution in [0.1, 0.15) is 19.5 Å². The van der Waals surface area contributed by atoms with Crippen molar-refractivity contribution in [1.82, 2.24) is 15.2 Å². The number of aromatic nitrogens is 1. The highest BCUT2D eigenvalue weighted by molar-refractivity contribution is 5.80. The monoisotopic (exact) mass is 265 g/mol. The molecule has 19 heavy (non-hydrogen) atoms. The van der Waals surface area contributed by atoms with Crippen LogP contribution in [0.25, 0.3) is 0 Å². The third kappa shape index (κ3) is 5.37. The Kier molecular flexibility index (Phi) is 6.35. The highest BCUT2D eigenvalue weighted by atomic mass is 16.5. The van der Waals surface area contributed by atoms with Gasteiger partial charge in [0.2, 0.25) is 0 Å². The van der Waals surface area contributed by atoms with E-state index in [0.717, 1.165) is 5.69 Å². The van der Waals surface area contributed by atoms with Gasteiger partial charge in [0.15, 0.2) is 0 Å². The van der Waals surface area contributed by atoms with Crippen LogP contribution in [-0.2, 0) is 16.1 Å². The molecule has 1 aromatic heterocycles. The molecule has 0 unspecified atom stereocenters. The number of amides is 2. The van der Waals surface area contributed by atoms with E-state index >= 15 is 0 Å². The van der Waals surface area contributed by atoms with Crippen molar-refractivity contribution >= 4 is 12.0 Å². The normalized spacial score (nSPS) is 9.79. The Morgan fingerprint density at radius 2 is 2.16 bits per heavy atom. The predicted octanol–water partition coefficient (Wildman–Crippen LogP) is 1.18. The number of esters is 1. The summed E-state index contributed by atoms with van der Waals surface area (Å²) in [6, 6.07) is 5.23. The van der Waals surface area contributed by atoms with Gasteiger partial charge >= 0.3 is 12.0 Å². The first-order chi connectivity index (χ1) is 9.17. The minimum atomic E-state index is -0.440. The van der Waals surface area contributed by atoms with E-state index < -0.39 is 5.97 Å². The maximum absolute atomic E-state index is 11.9. The van der Waals surface area contributed by atoms with E-state index in [2.05, 4.69) is 10.3 Å². The Hall–Kier alpha value is -2.11. The van der Waals surface area contributed by atoms with E-state index in [4.69, 9.17) is 4.74 Å². The molecule has 0 spiro atoms. The van der Waals surface area contributed by atoms with E-state index in [0.29, 0.717) is 19.7 Å². The summed E-state index contributed by atoms with van der Waals surface area (Å²) < 4.78 is 4.74. The highest BCUT2D eigenvalue weighted by Crippen LogP contribution is 2.01. The Balaban J connectivity index is 2.46. The summed E-state index contributed by atoms with van der Waals surface area (Å²) in [5, 5.41) is 2.52. The molecule has 1 rings (SSSR count). The van der Waals surface area contributed by atoms with Gasteiger partial charge in [0.1, 0.15) is 6.54 Å². The second kappa shape index (κ2) is 8.07. The van der Waals surface area contributed by atoms with Crippen molar-refractivity contribution in [3.63, 3.8) is 0 Å². The van der Waals surface area contributed by atoms with Crippen LogP contribution in [0.15, 0.2) is 24.4 Å². The molecule has 6 heteroatoms. The van der Waals surface area contributed by atoms with Crippen molar-refractivity contribution in [3.05, 3.63) is 30.1 Å². The second-order valence-corrected chi connectivity index (χ2v) is 3.80. The topological polar surface area (TPSA) is 71.5 Å². The Morgan fingerprint density at radius 3 is 2.74 bits per heavy atom. The Labute approximate surface area is 112 Å². The van der Waals surface area contributed by atoms with Crippen molar-refractivity contribution in [3.8, 4) is 0 Å². The molecule has 1 heterocycles. The van der Waals surface area contributed by atoms with E-state index in [9.17, 15) is 9.59 Å². The van der Waals surface area contributed by atoms with E-state index in [1.54, 1.807) is 18.0 Å². The van der Waals surface area contributed by atoms with E-state index in [1.165, 1.54) is 0 Å². The lowest BCUT2D eigenvalue weighted by molar-refractivity contribution is -0.141. The molecule has 1 N–H and O–H groups in total. The second-order valence-electron chi connectivity index (χ2n) is 3.80. The van der Waals surface area contributed by atoms with E-state index in [1.807, 2.05) is 25.1 Å². The van der Waals surface area contributed by atoms with Gasteiger partial charge in [-0.1, -0.05) is 6.07 Å². The van der Waals surface area contributed by atoms with Gasteiger partial charge in [-0.05, 0) is 26.0 Å². The van der Waals surface area contributed by atoms with Crippen molar-refractivity contribution < 1.29 is 14.3 Å². The molecule has 104 valence electrons. The number of pyridine rings is 1. The van der Waals surface area contributed by atoms with Crippen LogP contribution in [0.3, 0.4) is 0 Å². The van der Waals surface area contributed by atoms with Crippen LogP contribution in [0, 0.1) is 0 Å². The summed E-state index contributed by atoms with van der Waals surface area (Å²) in [7, 11) is 0. The molecule has 1 aromatic rings. The van der Waals surface area contributed by atoms with Gasteiger partial charge in [0, 0.05) is 12.7 Å². The number of ether oxygens (including phenoxy) is 1. The standard InChI is InChI=1S/C13H19N3O3/c1-3-16(10-11-7-5-6-8-14-11)13(18)15-9-12(17)19-4-2/h5-8H,3-4,9-10H2,1-2H3,(H,15,18). The van der Waals surface area contributed by atoms with Crippen LogP contribution >= 0.6 is 0 Å². The molecule has 0 fully saturated rings. The number of carbonyl (C=O) groups is 2. The lowest BCUT2D eigenvalue weighted by Crippen LogP contribution is -2.42. The molecule has 0 radical (unpaired) electrons. The SMILES string of the molecule is CCOC(=O)CNC(=O)N(CC)Cc1ccccn1. The van der Waals surface area contributed by atoms with Gasteiger partial charge in [-0.15, -0.1) is 0 Å². The van der Waals surface area contributed by atoms with Crippen molar-refractivity contribution in [2.75, 3.05) is 19.7 Å². The summed E-state index contributed by atoms with van der Waals surface area (Å²) in [4.78, 5) is 28.7. The third-order valence-electron chi connectivity index (χ3n) is 2.44. The Bertz CT molecular complexity index is 409. The van der Waals surface area contributed by atoms with Gasteiger partial charge in [0.25, 0.3) is 0 Å². The van der Waals surface area contributed by atoms with Crippen LogP contribution in [0.4, 0.5) is 4.79 Å². The molecule has 0 bridgehead atoms. The molecular weight excluding hydrogens is 246 g/mol. The number of hydrogen-bond donors (Lipinski definition) is 1. The summed E-state index contributed by atoms with van der Waals surface area (Å²) in [5.41, 5.74) is 0.802. The summed E-state index contributed by atoms with van der Waals surface area (Å²) in [5.74, 6) is -0.440. The average molecular weight is 265 g/mol. The fraction of sp³-hybridized carbons (Fsp3) is 0.462. The molecule has 0 atom stereocenters. The Morgan fingerprint density at radius 1 is 1.37 bits per heavy atom. The van der Waals surface area contributed by atoms with Crippen molar-refractivity contribution in [2.24, 2.45) is 0 Å². The lowest BCUT2D eigenvalue weighted by atomic mass is 10.3. The minimum absolute atomic E-state index is 0.120. The van der Waals surface area contributed by atoms with Crippen LogP contribution in [0.2, 0.25) is 0 Å². The molecule has 0 saturated heterocycles. The van der Waals surface area contributed by atoms with Crippen LogP contribution in [-0.4, -0.2) is 41.6 Å². The third-order valence-corrected chi connectivity index (χ3v) is 2.44. The van der Waals surface area contributed by atoms with Gasteiger partial charge in [-0.3, -0.25) is 9.78 Å². The predicted molar refractivity (Wildman–Crippen MR) is 70.4 cm³/mol. The smallest absolute Gasteiger partial charge is 0.325 e. The summed E-state index contributed by atoms with van der Waals surface area (Å²) in [6.07, 6.45) is 1.68. The number of urea groups is 1. The molecule has 6 nitrogen and oxygen atoms in total. The molecule has 0 aliphatic carbocycles. The maximum Gasteiger partial charge on any atom is 0.325 e. The molecule has 0 aliphatic rings. The first kappa shape index (κ1) is 14.9. The van der Waals surface area contributed by atoms with Crippen molar-refractivity contribution in [2.45, 2.75) is 20.4 Å². The van der Waals surface area contributed by atoms with Gasteiger partial charge in [0.05, 0.1) is 18.8 Å². The lowest BCUT2D eigenvalue weighted by Gasteiger charge is -2.20. The number of rotatable bonds is 6. The zero-order valence-electron chi connectivity index (χ0n) is 11.3. The molecule has 0 saturated carbocycles. The van der Waals surface area contributed by atoms with Crippen LogP contribution < -0.4 is 5.32 Å². The molecule has 0 aliphatic heterocycles. The first-order valence-electron chi connectivity index (χ1n) is 6.25. The maximum atomic E-state index is 11.9. The first-order valence-corrected chi connectivity index (χ1v) is 6.25. The van der Waals surface area contributed by atoms with Crippen LogP contribution in [0.5, 0.6) is 0 Å². The minimum Gasteiger partial charge on any atom is -0.465 e. The average Bonchev–Trinajstić information content (AvgIpc) is 2.43. The molecule has 0 aromatic carbocycles. The van der Waals surface area contributed by atoms with Gasteiger partial charge < -0.3 is 15.0 Å². The summed E-state index contributed by atoms with van der Waals surface area (Å²) >= 11 is 0. The fourth-order valence-corrected chi connectivity index (χ4v) is 1.49. The molecule has 2 amide bonds. The fourth-order valence-electron chi connectivity index (χ4n) is 1.49. The largest absolute Gasteiger partial charge is 0.465 e. The number of hydrogen-bond acceptors (Lipinski definition) is 4. The quantitative estimate of drug-likeness (QED) is 0.784. The van der Waals surface area contributed by atoms with Gasteiger partial charge in [-0.25, -0.2) is 4.79 Å². The van der Waals surface area contributed by atoms with Crippen molar-refractivity contribution in [1.29, 1.82) is 0 Å². The summed E-state index contributed by atoms with van der Waals surface area (Å²) in [6.45, 7) is 4.72. The number of nitrogens with zero attached hydrogens (tertiary/aromatic N) is 2. The van der Waals surface area contributed by atoms with E-state index in [-0.39, 0.29) is 12.6 Å². The zero-order chi connectivity index (χ0) is 14.1. The number of carbonyl (C=O) groups excluding carboxylic acids is 2.